The van der Waals surface area contributed by atoms with Gasteiger partial charge in [-0.05, 0) is 55.5 Å². The zero-order valence-corrected chi connectivity index (χ0v) is 17.4. The summed E-state index contributed by atoms with van der Waals surface area (Å²) in [7, 11) is 4.79. The molecule has 30 heavy (non-hydrogen) atoms. The van der Waals surface area contributed by atoms with Gasteiger partial charge in [-0.1, -0.05) is 0 Å². The van der Waals surface area contributed by atoms with Crippen molar-refractivity contribution < 1.29 is 23.7 Å². The fraction of sp³-hybridized carbons (Fsp3) is 0.273. The Bertz CT molecular complexity index is 985. The van der Waals surface area contributed by atoms with Gasteiger partial charge in [-0.3, -0.25) is 4.79 Å². The number of rotatable bonds is 9. The number of nitrogens with one attached hydrogen (secondary N) is 1. The number of hydrogen-bond acceptors (Lipinski definition) is 6. The summed E-state index contributed by atoms with van der Waals surface area (Å²) in [4.78, 5) is 12.6. The van der Waals surface area contributed by atoms with Gasteiger partial charge in [0.1, 0.15) is 28.7 Å². The molecule has 1 atom stereocenters. The molecule has 158 valence electrons. The highest BCUT2D eigenvalue weighted by Gasteiger charge is 2.18. The van der Waals surface area contributed by atoms with E-state index < -0.39 is 0 Å². The van der Waals surface area contributed by atoms with Crippen molar-refractivity contribution in [3.8, 4) is 23.0 Å². The maximum atomic E-state index is 12.6. The molecule has 3 aromatic rings. The maximum absolute atomic E-state index is 12.6. The summed E-state index contributed by atoms with van der Waals surface area (Å²) in [6.45, 7) is 2.05. The van der Waals surface area contributed by atoms with E-state index >= 15 is 0 Å². The minimum absolute atomic E-state index is 0.179. The molecule has 8 heteroatoms. The fourth-order valence-corrected chi connectivity index (χ4v) is 2.89. The van der Waals surface area contributed by atoms with E-state index in [9.17, 15) is 4.79 Å². The first-order valence-corrected chi connectivity index (χ1v) is 9.37. The Labute approximate surface area is 175 Å². The van der Waals surface area contributed by atoms with Crippen molar-refractivity contribution in [1.82, 2.24) is 15.1 Å². The molecule has 1 N–H and O–H groups in total. The average molecular weight is 411 g/mol. The van der Waals surface area contributed by atoms with Crippen LogP contribution < -0.4 is 24.3 Å². The molecule has 8 nitrogen and oxygen atoms in total. The number of carbonyl (C=O) groups is 1. The minimum atomic E-state index is -0.303. The molecule has 0 aliphatic carbocycles. The Morgan fingerprint density at radius 3 is 2.30 bits per heavy atom. The predicted molar refractivity (Wildman–Crippen MR) is 111 cm³/mol. The van der Waals surface area contributed by atoms with E-state index in [1.54, 1.807) is 56.5 Å². The lowest BCUT2D eigenvalue weighted by Crippen LogP contribution is -2.27. The van der Waals surface area contributed by atoms with Gasteiger partial charge >= 0.3 is 0 Å². The van der Waals surface area contributed by atoms with Crippen molar-refractivity contribution in [2.75, 3.05) is 21.3 Å². The van der Waals surface area contributed by atoms with Crippen LogP contribution in [0.4, 0.5) is 0 Å². The Balaban J connectivity index is 1.61. The molecule has 0 aliphatic heterocycles. The number of ether oxygens (including phenoxy) is 4. The van der Waals surface area contributed by atoms with Crippen molar-refractivity contribution in [3.63, 3.8) is 0 Å². The summed E-state index contributed by atoms with van der Waals surface area (Å²) in [6.07, 6.45) is 1.69. The second kappa shape index (κ2) is 9.69. The molecule has 0 bridgehead atoms. The molecular formula is C22H25N3O5. The van der Waals surface area contributed by atoms with Gasteiger partial charge in [-0.25, -0.2) is 4.68 Å². The highest BCUT2D eigenvalue weighted by molar-refractivity contribution is 5.92. The average Bonchev–Trinajstić information content (AvgIpc) is 3.26. The minimum Gasteiger partial charge on any atom is -0.497 e. The van der Waals surface area contributed by atoms with Crippen LogP contribution in [0.5, 0.6) is 23.0 Å². The first kappa shape index (κ1) is 21.0. The molecule has 1 heterocycles. The van der Waals surface area contributed by atoms with Crippen LogP contribution in [0.1, 0.15) is 29.0 Å². The lowest BCUT2D eigenvalue weighted by molar-refractivity contribution is 0.0932. The summed E-state index contributed by atoms with van der Waals surface area (Å²) in [5.41, 5.74) is 1.11. The first-order valence-electron chi connectivity index (χ1n) is 9.37. The van der Waals surface area contributed by atoms with E-state index in [0.29, 0.717) is 22.9 Å². The quantitative estimate of drug-likeness (QED) is 0.581. The third-order valence-electron chi connectivity index (χ3n) is 4.55. The third kappa shape index (κ3) is 5.02. The number of methoxy groups -OCH3 is 3. The van der Waals surface area contributed by atoms with Crippen LogP contribution in [0.25, 0.3) is 0 Å². The van der Waals surface area contributed by atoms with E-state index in [4.69, 9.17) is 18.9 Å². The molecule has 1 amide bonds. The van der Waals surface area contributed by atoms with Gasteiger partial charge < -0.3 is 24.3 Å². The van der Waals surface area contributed by atoms with E-state index in [-0.39, 0.29) is 18.7 Å². The standard InChI is InChI=1S/C22H25N3O5/c1-15(19-13-18(28-3)9-10-21(19)29-4)23-22(26)20-11-12-25(24-20)14-30-17-7-5-16(27-2)6-8-17/h5-13,15H,14H2,1-4H3,(H,23,26). The number of carbonyl (C=O) groups excluding carboxylic acids is 1. The monoisotopic (exact) mass is 411 g/mol. The van der Waals surface area contributed by atoms with Crippen LogP contribution in [-0.2, 0) is 6.73 Å². The zero-order chi connectivity index (χ0) is 21.5. The van der Waals surface area contributed by atoms with Crippen molar-refractivity contribution in [2.24, 2.45) is 0 Å². The lowest BCUT2D eigenvalue weighted by Gasteiger charge is -2.17. The molecule has 1 aromatic heterocycles. The summed E-state index contributed by atoms with van der Waals surface area (Å²) in [5.74, 6) is 2.49. The molecule has 2 aromatic carbocycles. The number of nitrogens with zero attached hydrogens (tertiary/aromatic N) is 2. The van der Waals surface area contributed by atoms with Gasteiger partial charge in [-0.2, -0.15) is 5.10 Å². The third-order valence-corrected chi connectivity index (χ3v) is 4.55. The van der Waals surface area contributed by atoms with Crippen LogP contribution in [0.3, 0.4) is 0 Å². The number of hydrogen-bond donors (Lipinski definition) is 1. The Kier molecular flexibility index (Phi) is 6.79. The topological polar surface area (TPSA) is 83.8 Å². The van der Waals surface area contributed by atoms with E-state index in [0.717, 1.165) is 11.3 Å². The summed E-state index contributed by atoms with van der Waals surface area (Å²) >= 11 is 0. The van der Waals surface area contributed by atoms with Gasteiger partial charge in [0.05, 0.1) is 27.4 Å². The smallest absolute Gasteiger partial charge is 0.272 e. The summed E-state index contributed by atoms with van der Waals surface area (Å²) in [5, 5.41) is 7.21. The van der Waals surface area contributed by atoms with Gasteiger partial charge in [0.15, 0.2) is 6.73 Å². The van der Waals surface area contributed by atoms with Crippen molar-refractivity contribution in [1.29, 1.82) is 0 Å². The molecular weight excluding hydrogens is 386 g/mol. The van der Waals surface area contributed by atoms with Gasteiger partial charge in [0.25, 0.3) is 5.91 Å². The van der Waals surface area contributed by atoms with Crippen LogP contribution in [0, 0.1) is 0 Å². The van der Waals surface area contributed by atoms with Crippen LogP contribution >= 0.6 is 0 Å². The van der Waals surface area contributed by atoms with Gasteiger partial charge in [0.2, 0.25) is 0 Å². The predicted octanol–water partition coefficient (Wildman–Crippen LogP) is 3.44. The summed E-state index contributed by atoms with van der Waals surface area (Å²) in [6, 6.07) is 14.0. The van der Waals surface area contributed by atoms with Crippen molar-refractivity contribution >= 4 is 5.91 Å². The van der Waals surface area contributed by atoms with Crippen LogP contribution in [0.15, 0.2) is 54.7 Å². The molecule has 0 saturated carbocycles. The molecule has 0 fully saturated rings. The number of aromatic nitrogens is 2. The maximum Gasteiger partial charge on any atom is 0.272 e. The van der Waals surface area contributed by atoms with Gasteiger partial charge in [0, 0.05) is 11.8 Å². The zero-order valence-electron chi connectivity index (χ0n) is 17.4. The van der Waals surface area contributed by atoms with E-state index in [2.05, 4.69) is 10.4 Å². The molecule has 0 radical (unpaired) electrons. The highest BCUT2D eigenvalue weighted by Crippen LogP contribution is 2.29. The second-order valence-electron chi connectivity index (χ2n) is 6.49. The SMILES string of the molecule is COc1ccc(OCn2ccc(C(=O)NC(C)c3cc(OC)ccc3OC)n2)cc1. The largest absolute Gasteiger partial charge is 0.497 e. The Hall–Kier alpha value is -3.68. The van der Waals surface area contributed by atoms with E-state index in [1.807, 2.05) is 31.2 Å². The van der Waals surface area contributed by atoms with E-state index in [1.165, 1.54) is 0 Å². The second-order valence-corrected chi connectivity index (χ2v) is 6.49. The molecule has 0 saturated heterocycles. The number of amides is 1. The number of benzene rings is 2. The molecule has 1 unspecified atom stereocenters. The van der Waals surface area contributed by atoms with Gasteiger partial charge in [-0.15, -0.1) is 0 Å². The van der Waals surface area contributed by atoms with Crippen LogP contribution in [-0.4, -0.2) is 37.0 Å². The molecule has 0 aliphatic rings. The van der Waals surface area contributed by atoms with Crippen molar-refractivity contribution in [2.45, 2.75) is 19.7 Å². The Morgan fingerprint density at radius 1 is 0.967 bits per heavy atom. The Morgan fingerprint density at radius 2 is 1.63 bits per heavy atom. The normalized spacial score (nSPS) is 11.5. The summed E-state index contributed by atoms with van der Waals surface area (Å²) < 4.78 is 23.0. The first-order chi connectivity index (χ1) is 14.5. The highest BCUT2D eigenvalue weighted by atomic mass is 16.5. The lowest BCUT2D eigenvalue weighted by atomic mass is 10.1. The molecule has 0 spiro atoms. The van der Waals surface area contributed by atoms with Crippen molar-refractivity contribution in [3.05, 3.63) is 66.0 Å². The molecule has 3 rings (SSSR count). The fourth-order valence-electron chi connectivity index (χ4n) is 2.89. The van der Waals surface area contributed by atoms with Crippen LogP contribution in [0.2, 0.25) is 0 Å².